The van der Waals surface area contributed by atoms with Crippen LogP contribution >= 0.6 is 0 Å². The predicted octanol–water partition coefficient (Wildman–Crippen LogP) is 5.05. The van der Waals surface area contributed by atoms with Crippen LogP contribution in [0.15, 0.2) is 60.7 Å². The Kier molecular flexibility index (Phi) is 8.34. The molecule has 1 aliphatic rings. The van der Waals surface area contributed by atoms with Crippen molar-refractivity contribution in [2.75, 3.05) is 20.3 Å². The molecule has 0 aliphatic heterocycles. The van der Waals surface area contributed by atoms with Gasteiger partial charge < -0.3 is 9.47 Å². The van der Waals surface area contributed by atoms with Crippen molar-refractivity contribution < 1.29 is 9.47 Å². The molecule has 0 saturated heterocycles. The van der Waals surface area contributed by atoms with E-state index in [1.54, 1.807) is 7.11 Å². The van der Waals surface area contributed by atoms with E-state index in [0.29, 0.717) is 12.1 Å². The minimum absolute atomic E-state index is 0.424. The molecular weight excluding hydrogens is 334 g/mol. The molecule has 0 aromatic heterocycles. The summed E-state index contributed by atoms with van der Waals surface area (Å²) in [7, 11) is 1.75. The van der Waals surface area contributed by atoms with Crippen molar-refractivity contribution in [1.29, 1.82) is 0 Å². The molecule has 0 N–H and O–H groups in total. The molecule has 0 spiro atoms. The fourth-order valence-electron chi connectivity index (χ4n) is 3.98. The molecule has 1 aliphatic carbocycles. The van der Waals surface area contributed by atoms with Gasteiger partial charge in [-0.25, -0.2) is 0 Å². The van der Waals surface area contributed by atoms with Crippen LogP contribution in [0.1, 0.15) is 43.2 Å². The summed E-state index contributed by atoms with van der Waals surface area (Å²) in [6.07, 6.45) is 6.18. The van der Waals surface area contributed by atoms with Crippen LogP contribution in [0, 0.1) is 0 Å². The third kappa shape index (κ3) is 6.76. The van der Waals surface area contributed by atoms with Gasteiger partial charge in [0.25, 0.3) is 0 Å². The lowest BCUT2D eigenvalue weighted by atomic mass is 9.91. The first-order valence-corrected chi connectivity index (χ1v) is 10.3. The number of benzene rings is 2. The Morgan fingerprint density at radius 3 is 1.85 bits per heavy atom. The van der Waals surface area contributed by atoms with E-state index in [4.69, 9.17) is 9.47 Å². The highest BCUT2D eigenvalue weighted by Gasteiger charge is 2.26. The van der Waals surface area contributed by atoms with Crippen LogP contribution in [0.4, 0.5) is 0 Å². The fraction of sp³-hybridized carbons (Fsp3) is 0.500. The molecule has 3 heteroatoms. The van der Waals surface area contributed by atoms with E-state index in [0.717, 1.165) is 45.6 Å². The lowest BCUT2D eigenvalue weighted by Crippen LogP contribution is -2.38. The number of nitrogens with zero attached hydrogens (tertiary/aromatic N) is 1. The first-order chi connectivity index (χ1) is 13.3. The summed E-state index contributed by atoms with van der Waals surface area (Å²) in [6, 6.07) is 22.3. The third-order valence-corrected chi connectivity index (χ3v) is 5.46. The summed E-state index contributed by atoms with van der Waals surface area (Å²) in [5.41, 5.74) is 2.79. The first kappa shape index (κ1) is 20.1. The third-order valence-electron chi connectivity index (χ3n) is 5.46. The maximum absolute atomic E-state index is 6.05. The van der Waals surface area contributed by atoms with Crippen molar-refractivity contribution in [2.45, 2.75) is 57.3 Å². The van der Waals surface area contributed by atoms with Gasteiger partial charge >= 0.3 is 0 Å². The Bertz CT molecular complexity index is 582. The first-order valence-electron chi connectivity index (χ1n) is 10.3. The van der Waals surface area contributed by atoms with Gasteiger partial charge in [-0.05, 0) is 43.2 Å². The molecule has 2 aromatic carbocycles. The maximum atomic E-state index is 6.05. The number of hydrogen-bond acceptors (Lipinski definition) is 3. The summed E-state index contributed by atoms with van der Waals surface area (Å²) in [4.78, 5) is 2.66. The molecule has 3 nitrogen and oxygen atoms in total. The van der Waals surface area contributed by atoms with Crippen molar-refractivity contribution in [3.05, 3.63) is 71.8 Å². The SMILES string of the molecule is COCCCO[C@H]1CC[C@H](N(Cc2ccccc2)Cc2ccccc2)CC1. The van der Waals surface area contributed by atoms with Crippen LogP contribution in [0.2, 0.25) is 0 Å². The molecule has 0 heterocycles. The second-order valence-corrected chi connectivity index (χ2v) is 7.52. The highest BCUT2D eigenvalue weighted by Crippen LogP contribution is 2.27. The molecule has 1 saturated carbocycles. The van der Waals surface area contributed by atoms with Gasteiger partial charge in [0.2, 0.25) is 0 Å². The minimum atomic E-state index is 0.424. The summed E-state index contributed by atoms with van der Waals surface area (Å²) < 4.78 is 11.2. The van der Waals surface area contributed by atoms with Gasteiger partial charge in [0.15, 0.2) is 0 Å². The predicted molar refractivity (Wildman–Crippen MR) is 111 cm³/mol. The van der Waals surface area contributed by atoms with Gasteiger partial charge in [-0.3, -0.25) is 4.90 Å². The topological polar surface area (TPSA) is 21.7 Å². The molecule has 0 bridgehead atoms. The van der Waals surface area contributed by atoms with Crippen molar-refractivity contribution in [3.8, 4) is 0 Å². The van der Waals surface area contributed by atoms with E-state index in [-0.39, 0.29) is 0 Å². The normalized spacial score (nSPS) is 20.1. The number of rotatable bonds is 10. The molecule has 0 amide bonds. The van der Waals surface area contributed by atoms with Crippen LogP contribution in [0.25, 0.3) is 0 Å². The van der Waals surface area contributed by atoms with Gasteiger partial charge in [-0.1, -0.05) is 60.7 Å². The second kappa shape index (κ2) is 11.2. The largest absolute Gasteiger partial charge is 0.385 e. The average Bonchev–Trinajstić information content (AvgIpc) is 2.73. The van der Waals surface area contributed by atoms with Gasteiger partial charge in [0, 0.05) is 39.5 Å². The van der Waals surface area contributed by atoms with Crippen LogP contribution in [0.3, 0.4) is 0 Å². The van der Waals surface area contributed by atoms with Crippen LogP contribution < -0.4 is 0 Å². The lowest BCUT2D eigenvalue weighted by molar-refractivity contribution is -0.00238. The fourth-order valence-corrected chi connectivity index (χ4v) is 3.98. The number of methoxy groups -OCH3 is 1. The summed E-state index contributed by atoms with van der Waals surface area (Å²) >= 11 is 0. The van der Waals surface area contributed by atoms with E-state index < -0.39 is 0 Å². The molecule has 27 heavy (non-hydrogen) atoms. The van der Waals surface area contributed by atoms with Crippen molar-refractivity contribution in [3.63, 3.8) is 0 Å². The monoisotopic (exact) mass is 367 g/mol. The van der Waals surface area contributed by atoms with Crippen molar-refractivity contribution in [2.24, 2.45) is 0 Å². The van der Waals surface area contributed by atoms with Crippen LogP contribution in [0.5, 0.6) is 0 Å². The van der Waals surface area contributed by atoms with Crippen LogP contribution in [-0.4, -0.2) is 37.4 Å². The lowest BCUT2D eigenvalue weighted by Gasteiger charge is -2.37. The Labute approximate surface area is 164 Å². The molecular formula is C24H33NO2. The van der Waals surface area contributed by atoms with Crippen molar-refractivity contribution in [1.82, 2.24) is 4.90 Å². The average molecular weight is 368 g/mol. The van der Waals surface area contributed by atoms with Gasteiger partial charge in [-0.2, -0.15) is 0 Å². The Morgan fingerprint density at radius 2 is 1.33 bits per heavy atom. The maximum Gasteiger partial charge on any atom is 0.0576 e. The molecule has 146 valence electrons. The second-order valence-electron chi connectivity index (χ2n) is 7.52. The molecule has 0 unspecified atom stereocenters. The highest BCUT2D eigenvalue weighted by molar-refractivity contribution is 5.17. The highest BCUT2D eigenvalue weighted by atomic mass is 16.5. The van der Waals surface area contributed by atoms with E-state index in [9.17, 15) is 0 Å². The van der Waals surface area contributed by atoms with E-state index in [1.165, 1.54) is 24.0 Å². The zero-order chi connectivity index (χ0) is 18.7. The Morgan fingerprint density at radius 1 is 0.778 bits per heavy atom. The van der Waals surface area contributed by atoms with Crippen LogP contribution in [-0.2, 0) is 22.6 Å². The molecule has 0 atom stereocenters. The number of ether oxygens (including phenoxy) is 2. The quantitative estimate of drug-likeness (QED) is 0.548. The smallest absolute Gasteiger partial charge is 0.0576 e. The van der Waals surface area contributed by atoms with E-state index >= 15 is 0 Å². The van der Waals surface area contributed by atoms with Gasteiger partial charge in [-0.15, -0.1) is 0 Å². The van der Waals surface area contributed by atoms with E-state index in [2.05, 4.69) is 65.6 Å². The molecule has 3 rings (SSSR count). The molecule has 1 fully saturated rings. The zero-order valence-electron chi connectivity index (χ0n) is 16.6. The molecule has 2 aromatic rings. The van der Waals surface area contributed by atoms with E-state index in [1.807, 2.05) is 0 Å². The summed E-state index contributed by atoms with van der Waals surface area (Å²) in [5.74, 6) is 0. The summed E-state index contributed by atoms with van der Waals surface area (Å²) in [6.45, 7) is 3.64. The molecule has 0 radical (unpaired) electrons. The standard InChI is InChI=1S/C24H33NO2/c1-26-17-8-18-27-24-15-13-23(14-16-24)25(19-21-9-4-2-5-10-21)20-22-11-6-3-7-12-22/h2-7,9-12,23-24H,8,13-20H2,1H3/t23-,24-. The van der Waals surface area contributed by atoms with Crippen molar-refractivity contribution >= 4 is 0 Å². The minimum Gasteiger partial charge on any atom is -0.385 e. The number of hydrogen-bond donors (Lipinski definition) is 0. The zero-order valence-corrected chi connectivity index (χ0v) is 16.6. The Balaban J connectivity index is 1.56. The Hall–Kier alpha value is -1.68. The summed E-state index contributed by atoms with van der Waals surface area (Å²) in [5, 5.41) is 0. The van der Waals surface area contributed by atoms with Gasteiger partial charge in [0.05, 0.1) is 6.10 Å². The van der Waals surface area contributed by atoms with Gasteiger partial charge in [0.1, 0.15) is 0 Å².